The fourth-order valence-corrected chi connectivity index (χ4v) is 2.63. The number of likely N-dealkylation sites (N-methyl/N-ethyl adjacent to an activating group) is 1. The second kappa shape index (κ2) is 5.57. The van der Waals surface area contributed by atoms with Crippen LogP contribution in [0.1, 0.15) is 44.8 Å². The van der Waals surface area contributed by atoms with Crippen LogP contribution in [-0.2, 0) is 11.3 Å². The number of hydrogen-bond acceptors (Lipinski definition) is 3. The molecule has 2 rings (SSSR count). The Morgan fingerprint density at radius 3 is 2.72 bits per heavy atom. The highest BCUT2D eigenvalue weighted by Crippen LogP contribution is 2.28. The SMILES string of the molecule is CCN(Cc1ccco1)C(=O)C1(N)CCCCC1. The van der Waals surface area contributed by atoms with E-state index in [0.717, 1.165) is 31.4 Å². The fourth-order valence-electron chi connectivity index (χ4n) is 2.63. The number of hydrogen-bond donors (Lipinski definition) is 1. The number of carbonyl (C=O) groups excluding carboxylic acids is 1. The largest absolute Gasteiger partial charge is 0.467 e. The summed E-state index contributed by atoms with van der Waals surface area (Å²) in [6.45, 7) is 3.16. The average molecular weight is 250 g/mol. The lowest BCUT2D eigenvalue weighted by Crippen LogP contribution is -2.56. The van der Waals surface area contributed by atoms with Gasteiger partial charge in [0.1, 0.15) is 5.76 Å². The normalized spacial score (nSPS) is 18.6. The summed E-state index contributed by atoms with van der Waals surface area (Å²) in [7, 11) is 0. The molecule has 1 aromatic rings. The molecule has 0 radical (unpaired) electrons. The van der Waals surface area contributed by atoms with Crippen molar-refractivity contribution in [2.45, 2.75) is 51.1 Å². The summed E-state index contributed by atoms with van der Waals surface area (Å²) in [5, 5.41) is 0. The van der Waals surface area contributed by atoms with E-state index in [1.54, 1.807) is 11.2 Å². The molecule has 1 fully saturated rings. The van der Waals surface area contributed by atoms with Crippen LogP contribution in [0, 0.1) is 0 Å². The fraction of sp³-hybridized carbons (Fsp3) is 0.643. The summed E-state index contributed by atoms with van der Waals surface area (Å²) < 4.78 is 5.30. The molecule has 1 aromatic heterocycles. The maximum Gasteiger partial charge on any atom is 0.243 e. The highest BCUT2D eigenvalue weighted by Gasteiger charge is 2.38. The van der Waals surface area contributed by atoms with Gasteiger partial charge in [-0.15, -0.1) is 0 Å². The molecule has 0 atom stereocenters. The molecule has 0 spiro atoms. The summed E-state index contributed by atoms with van der Waals surface area (Å²) in [4.78, 5) is 14.3. The van der Waals surface area contributed by atoms with Crippen LogP contribution in [0.15, 0.2) is 22.8 Å². The van der Waals surface area contributed by atoms with Gasteiger partial charge in [-0.05, 0) is 31.9 Å². The van der Waals surface area contributed by atoms with Crippen molar-refractivity contribution in [2.75, 3.05) is 6.54 Å². The summed E-state index contributed by atoms with van der Waals surface area (Å²) in [6, 6.07) is 3.73. The zero-order valence-corrected chi connectivity index (χ0v) is 11.0. The van der Waals surface area contributed by atoms with E-state index >= 15 is 0 Å². The van der Waals surface area contributed by atoms with Crippen molar-refractivity contribution < 1.29 is 9.21 Å². The van der Waals surface area contributed by atoms with Crippen molar-refractivity contribution >= 4 is 5.91 Å². The van der Waals surface area contributed by atoms with Crippen LogP contribution in [0.4, 0.5) is 0 Å². The van der Waals surface area contributed by atoms with Gasteiger partial charge in [0.15, 0.2) is 0 Å². The number of carbonyl (C=O) groups is 1. The maximum atomic E-state index is 12.5. The number of rotatable bonds is 4. The summed E-state index contributed by atoms with van der Waals surface area (Å²) in [5.74, 6) is 0.880. The van der Waals surface area contributed by atoms with Crippen molar-refractivity contribution in [3.8, 4) is 0 Å². The van der Waals surface area contributed by atoms with E-state index in [4.69, 9.17) is 10.2 Å². The Hall–Kier alpha value is -1.29. The van der Waals surface area contributed by atoms with Crippen molar-refractivity contribution in [1.29, 1.82) is 0 Å². The Morgan fingerprint density at radius 1 is 1.44 bits per heavy atom. The molecule has 1 saturated carbocycles. The van der Waals surface area contributed by atoms with Crippen molar-refractivity contribution in [2.24, 2.45) is 5.73 Å². The molecule has 1 heterocycles. The molecule has 4 heteroatoms. The van der Waals surface area contributed by atoms with Crippen LogP contribution in [0.5, 0.6) is 0 Å². The van der Waals surface area contributed by atoms with Crippen LogP contribution in [0.2, 0.25) is 0 Å². The quantitative estimate of drug-likeness (QED) is 0.892. The molecule has 0 unspecified atom stereocenters. The minimum absolute atomic E-state index is 0.0705. The zero-order valence-electron chi connectivity index (χ0n) is 11.0. The van der Waals surface area contributed by atoms with Gasteiger partial charge in [-0.2, -0.15) is 0 Å². The number of nitrogens with zero attached hydrogens (tertiary/aromatic N) is 1. The smallest absolute Gasteiger partial charge is 0.243 e. The molecule has 0 saturated heterocycles. The summed E-state index contributed by atoms with van der Waals surface area (Å²) in [5.41, 5.74) is 5.63. The monoisotopic (exact) mass is 250 g/mol. The average Bonchev–Trinajstić information content (AvgIpc) is 2.89. The highest BCUT2D eigenvalue weighted by atomic mass is 16.3. The minimum atomic E-state index is -0.652. The molecule has 4 nitrogen and oxygen atoms in total. The van der Waals surface area contributed by atoms with Gasteiger partial charge in [0, 0.05) is 6.54 Å². The van der Waals surface area contributed by atoms with E-state index in [9.17, 15) is 4.79 Å². The van der Waals surface area contributed by atoms with Crippen LogP contribution < -0.4 is 5.73 Å². The standard InChI is InChI=1S/C14H22N2O2/c1-2-16(11-12-7-6-10-18-12)13(17)14(15)8-4-3-5-9-14/h6-7,10H,2-5,8-9,11,15H2,1H3. The van der Waals surface area contributed by atoms with Crippen LogP contribution in [0.3, 0.4) is 0 Å². The number of amides is 1. The maximum absolute atomic E-state index is 12.5. The summed E-state index contributed by atoms with van der Waals surface area (Å²) >= 11 is 0. The van der Waals surface area contributed by atoms with Crippen molar-refractivity contribution in [3.63, 3.8) is 0 Å². The highest BCUT2D eigenvalue weighted by molar-refractivity contribution is 5.86. The van der Waals surface area contributed by atoms with E-state index in [1.807, 2.05) is 19.1 Å². The lowest BCUT2D eigenvalue weighted by Gasteiger charge is -2.36. The first-order valence-corrected chi connectivity index (χ1v) is 6.76. The molecule has 1 aliphatic carbocycles. The van der Waals surface area contributed by atoms with Gasteiger partial charge < -0.3 is 15.1 Å². The Morgan fingerprint density at radius 2 is 2.17 bits per heavy atom. The molecule has 1 amide bonds. The van der Waals surface area contributed by atoms with E-state index in [1.165, 1.54) is 6.42 Å². The van der Waals surface area contributed by atoms with Crippen LogP contribution >= 0.6 is 0 Å². The van der Waals surface area contributed by atoms with Gasteiger partial charge in [-0.25, -0.2) is 0 Å². The Bertz CT molecular complexity index is 381. The summed E-state index contributed by atoms with van der Waals surface area (Å²) in [6.07, 6.45) is 6.55. The Labute approximate surface area is 108 Å². The molecule has 0 bridgehead atoms. The van der Waals surface area contributed by atoms with E-state index < -0.39 is 5.54 Å². The molecule has 0 aromatic carbocycles. The van der Waals surface area contributed by atoms with Gasteiger partial charge in [-0.3, -0.25) is 4.79 Å². The molecule has 0 aliphatic heterocycles. The first kappa shape index (κ1) is 13.1. The lowest BCUT2D eigenvalue weighted by molar-refractivity contribution is -0.139. The third kappa shape index (κ3) is 2.75. The molecular weight excluding hydrogens is 228 g/mol. The Balaban J connectivity index is 2.04. The second-order valence-corrected chi connectivity index (χ2v) is 5.12. The third-order valence-corrected chi connectivity index (χ3v) is 3.77. The minimum Gasteiger partial charge on any atom is -0.467 e. The molecule has 18 heavy (non-hydrogen) atoms. The van der Waals surface area contributed by atoms with E-state index in [2.05, 4.69) is 0 Å². The van der Waals surface area contributed by atoms with Crippen LogP contribution in [-0.4, -0.2) is 22.9 Å². The first-order chi connectivity index (χ1) is 8.65. The molecule has 100 valence electrons. The molecule has 1 aliphatic rings. The van der Waals surface area contributed by atoms with E-state index in [0.29, 0.717) is 13.1 Å². The van der Waals surface area contributed by atoms with Gasteiger partial charge in [0.05, 0.1) is 18.3 Å². The second-order valence-electron chi connectivity index (χ2n) is 5.12. The molecule has 2 N–H and O–H groups in total. The predicted molar refractivity (Wildman–Crippen MR) is 69.8 cm³/mol. The number of nitrogens with two attached hydrogens (primary N) is 1. The van der Waals surface area contributed by atoms with Gasteiger partial charge in [-0.1, -0.05) is 19.3 Å². The predicted octanol–water partition coefficient (Wildman–Crippen LogP) is 2.29. The van der Waals surface area contributed by atoms with Gasteiger partial charge >= 0.3 is 0 Å². The van der Waals surface area contributed by atoms with Crippen molar-refractivity contribution in [1.82, 2.24) is 4.90 Å². The van der Waals surface area contributed by atoms with E-state index in [-0.39, 0.29) is 5.91 Å². The molecular formula is C14H22N2O2. The van der Waals surface area contributed by atoms with Crippen LogP contribution in [0.25, 0.3) is 0 Å². The lowest BCUT2D eigenvalue weighted by atomic mass is 9.81. The van der Waals surface area contributed by atoms with Crippen molar-refractivity contribution in [3.05, 3.63) is 24.2 Å². The van der Waals surface area contributed by atoms with Gasteiger partial charge in [0.25, 0.3) is 0 Å². The zero-order chi connectivity index (χ0) is 13.0. The number of furan rings is 1. The first-order valence-electron chi connectivity index (χ1n) is 6.76. The van der Waals surface area contributed by atoms with Gasteiger partial charge in [0.2, 0.25) is 5.91 Å². The third-order valence-electron chi connectivity index (χ3n) is 3.77. The topological polar surface area (TPSA) is 59.5 Å². The Kier molecular flexibility index (Phi) is 4.07.